The number of hydrogen-bond donors (Lipinski definition) is 1. The van der Waals surface area contributed by atoms with E-state index in [-0.39, 0.29) is 22.9 Å². The largest absolute Gasteiger partial charge is 0.462 e. The van der Waals surface area contributed by atoms with Crippen molar-refractivity contribution < 1.29 is 40.3 Å². The first-order valence-electron chi connectivity index (χ1n) is 11.9. The number of carbonyl (C=O) groups excluding carboxylic acids is 2. The monoisotopic (exact) mass is 609 g/mol. The number of esters is 2. The number of dihydropyridines is 1. The van der Waals surface area contributed by atoms with Gasteiger partial charge in [-0.15, -0.1) is 0 Å². The number of rotatable bonds is 5. The predicted octanol–water partition coefficient (Wildman–Crippen LogP) is 4.30. The van der Waals surface area contributed by atoms with Gasteiger partial charge in [0.15, 0.2) is 0 Å². The molecule has 0 unspecified atom stereocenters. The molecule has 0 radical (unpaired) electrons. The van der Waals surface area contributed by atoms with Crippen molar-refractivity contribution >= 4 is 48.8 Å². The van der Waals surface area contributed by atoms with Crippen molar-refractivity contribution in [2.45, 2.75) is 37.5 Å². The molecule has 4 rings (SSSR count). The standard InChI is InChI=1S/C27H25ClFNO8S2/c1-15-21(25(31)37-12-13-38-26(32)27(2,3)4)23(22-16(28)8-7-9-17(22)29)24-18(30-15)14-39(33,34)19-10-5-6-11-20(19)40(24,35)36/h5-11,14,30H,12-13H2,1-4H3. The lowest BCUT2D eigenvalue weighted by Crippen LogP contribution is -2.29. The molecule has 0 aliphatic carbocycles. The zero-order chi connectivity index (χ0) is 29.6. The van der Waals surface area contributed by atoms with E-state index in [0.717, 1.165) is 23.6 Å². The van der Waals surface area contributed by atoms with Crippen LogP contribution in [0.1, 0.15) is 33.3 Å². The Labute approximate surface area is 236 Å². The first kappa shape index (κ1) is 29.5. The minimum Gasteiger partial charge on any atom is -0.462 e. The number of halogens is 2. The van der Waals surface area contributed by atoms with Gasteiger partial charge in [-0.25, -0.2) is 26.0 Å². The van der Waals surface area contributed by atoms with Gasteiger partial charge in [0, 0.05) is 16.8 Å². The maximum absolute atomic E-state index is 15.4. The molecule has 0 bridgehead atoms. The summed E-state index contributed by atoms with van der Waals surface area (Å²) in [6, 6.07) is 8.59. The van der Waals surface area contributed by atoms with Gasteiger partial charge in [0.05, 0.1) is 36.9 Å². The average molecular weight is 610 g/mol. The minimum absolute atomic E-state index is 0.0163. The maximum atomic E-state index is 15.4. The fourth-order valence-corrected chi connectivity index (χ4v) is 8.07. The molecule has 212 valence electrons. The van der Waals surface area contributed by atoms with Gasteiger partial charge in [-0.2, -0.15) is 0 Å². The number of sulfone groups is 2. The Morgan fingerprint density at radius 2 is 1.57 bits per heavy atom. The van der Waals surface area contributed by atoms with E-state index in [4.69, 9.17) is 21.1 Å². The first-order chi connectivity index (χ1) is 18.6. The first-order valence-corrected chi connectivity index (χ1v) is 15.3. The number of allylic oxidation sites excluding steroid dienone is 1. The van der Waals surface area contributed by atoms with E-state index >= 15 is 4.39 Å². The summed E-state index contributed by atoms with van der Waals surface area (Å²) in [7, 11) is -8.99. The molecular weight excluding hydrogens is 585 g/mol. The highest BCUT2D eigenvalue weighted by Gasteiger charge is 2.43. The Balaban J connectivity index is 1.93. The molecule has 0 fully saturated rings. The molecule has 0 spiro atoms. The molecule has 0 atom stereocenters. The average Bonchev–Trinajstić information content (AvgIpc) is 2.91. The fourth-order valence-electron chi connectivity index (χ4n) is 4.14. The summed E-state index contributed by atoms with van der Waals surface area (Å²) in [5.41, 5.74) is -2.48. The Kier molecular flexibility index (Phi) is 7.74. The van der Waals surface area contributed by atoms with Gasteiger partial charge in [-0.05, 0) is 52.0 Å². The molecule has 2 aliphatic rings. The van der Waals surface area contributed by atoms with Crippen molar-refractivity contribution in [1.82, 2.24) is 5.32 Å². The van der Waals surface area contributed by atoms with E-state index in [2.05, 4.69) is 5.32 Å². The summed E-state index contributed by atoms with van der Waals surface area (Å²) >= 11 is 6.35. The topological polar surface area (TPSA) is 133 Å². The second-order valence-electron chi connectivity index (χ2n) is 9.97. The summed E-state index contributed by atoms with van der Waals surface area (Å²) in [5, 5.41) is 3.17. The lowest BCUT2D eigenvalue weighted by atomic mass is 9.92. The van der Waals surface area contributed by atoms with Crippen molar-refractivity contribution in [3.05, 3.63) is 86.1 Å². The number of hydrogen-bond acceptors (Lipinski definition) is 9. The molecular formula is C27H25ClFNO8S2. The van der Waals surface area contributed by atoms with Crippen LogP contribution in [0.15, 0.2) is 79.5 Å². The van der Waals surface area contributed by atoms with Gasteiger partial charge in [-0.1, -0.05) is 29.8 Å². The Morgan fingerprint density at radius 3 is 2.20 bits per heavy atom. The molecule has 2 aromatic rings. The lowest BCUT2D eigenvalue weighted by Gasteiger charge is -2.27. The summed E-state index contributed by atoms with van der Waals surface area (Å²) in [4.78, 5) is 23.7. The molecule has 40 heavy (non-hydrogen) atoms. The predicted molar refractivity (Wildman–Crippen MR) is 144 cm³/mol. The van der Waals surface area contributed by atoms with E-state index in [1.165, 1.54) is 31.2 Å². The SMILES string of the molecule is CC1=C(C(=O)OCCOC(=O)C(C)(C)C)C(c2c(F)cccc2Cl)=C2C(=CS(=O)(=O)c3ccccc3S2(=O)=O)N1. The van der Waals surface area contributed by atoms with Crippen LogP contribution in [0.5, 0.6) is 0 Å². The molecule has 0 saturated heterocycles. The normalized spacial score (nSPS) is 17.6. The van der Waals surface area contributed by atoms with Crippen LogP contribution in [0.25, 0.3) is 5.57 Å². The van der Waals surface area contributed by atoms with Crippen molar-refractivity contribution in [3.8, 4) is 0 Å². The van der Waals surface area contributed by atoms with Gasteiger partial charge in [0.25, 0.3) is 0 Å². The highest BCUT2D eigenvalue weighted by molar-refractivity contribution is 7.99. The molecule has 0 aromatic heterocycles. The van der Waals surface area contributed by atoms with E-state index in [1.54, 1.807) is 20.8 Å². The van der Waals surface area contributed by atoms with Crippen LogP contribution < -0.4 is 5.32 Å². The van der Waals surface area contributed by atoms with Gasteiger partial charge in [0.1, 0.15) is 23.9 Å². The van der Waals surface area contributed by atoms with Crippen LogP contribution >= 0.6 is 11.6 Å². The van der Waals surface area contributed by atoms with Gasteiger partial charge in [-0.3, -0.25) is 4.79 Å². The Bertz CT molecular complexity index is 1730. The van der Waals surface area contributed by atoms with E-state index in [1.807, 2.05) is 0 Å². The Hall–Kier alpha value is -3.48. The van der Waals surface area contributed by atoms with Crippen LogP contribution in [0, 0.1) is 11.2 Å². The summed E-state index contributed by atoms with van der Waals surface area (Å²) < 4.78 is 80.2. The fraction of sp³-hybridized carbons (Fsp3) is 0.259. The van der Waals surface area contributed by atoms with Crippen molar-refractivity contribution in [3.63, 3.8) is 0 Å². The number of ether oxygens (including phenoxy) is 2. The van der Waals surface area contributed by atoms with Gasteiger partial charge in [0.2, 0.25) is 19.7 Å². The number of nitrogens with one attached hydrogen (secondary N) is 1. The number of benzene rings is 2. The molecule has 2 heterocycles. The second-order valence-corrected chi connectivity index (χ2v) is 14.0. The van der Waals surface area contributed by atoms with E-state index in [0.29, 0.717) is 0 Å². The number of fused-ring (bicyclic) bond motifs is 2. The van der Waals surface area contributed by atoms with Gasteiger partial charge >= 0.3 is 11.9 Å². The van der Waals surface area contributed by atoms with Crippen LogP contribution in [-0.2, 0) is 38.7 Å². The lowest BCUT2D eigenvalue weighted by molar-refractivity contribution is -0.157. The van der Waals surface area contributed by atoms with Crippen molar-refractivity contribution in [2.75, 3.05) is 13.2 Å². The zero-order valence-corrected chi connectivity index (χ0v) is 24.3. The molecule has 1 N–H and O–H groups in total. The minimum atomic E-state index is -4.69. The third-order valence-corrected chi connectivity index (χ3v) is 9.84. The third-order valence-electron chi connectivity index (χ3n) is 5.98. The van der Waals surface area contributed by atoms with E-state index < -0.39 is 81.0 Å². The van der Waals surface area contributed by atoms with Crippen LogP contribution in [-0.4, -0.2) is 42.0 Å². The summed E-state index contributed by atoms with van der Waals surface area (Å²) in [6.07, 6.45) is 0. The molecule has 0 saturated carbocycles. The van der Waals surface area contributed by atoms with Crippen LogP contribution in [0.3, 0.4) is 0 Å². The highest BCUT2D eigenvalue weighted by atomic mass is 35.5. The summed E-state index contributed by atoms with van der Waals surface area (Å²) in [6.45, 7) is 5.64. The molecule has 9 nitrogen and oxygen atoms in total. The van der Waals surface area contributed by atoms with Crippen LogP contribution in [0.2, 0.25) is 5.02 Å². The quantitative estimate of drug-likeness (QED) is 0.389. The van der Waals surface area contributed by atoms with Crippen molar-refractivity contribution in [1.29, 1.82) is 0 Å². The van der Waals surface area contributed by atoms with Gasteiger partial charge < -0.3 is 14.8 Å². The molecule has 2 aromatic carbocycles. The molecule has 2 aliphatic heterocycles. The summed E-state index contributed by atoms with van der Waals surface area (Å²) in [5.74, 6) is -2.56. The molecule has 0 amide bonds. The zero-order valence-electron chi connectivity index (χ0n) is 21.9. The smallest absolute Gasteiger partial charge is 0.340 e. The second kappa shape index (κ2) is 10.5. The highest BCUT2D eigenvalue weighted by Crippen LogP contribution is 2.46. The Morgan fingerprint density at radius 1 is 0.950 bits per heavy atom. The third kappa shape index (κ3) is 5.30. The number of carbonyl (C=O) groups is 2. The van der Waals surface area contributed by atoms with E-state index in [9.17, 15) is 26.4 Å². The van der Waals surface area contributed by atoms with Crippen molar-refractivity contribution in [2.24, 2.45) is 5.41 Å². The molecule has 13 heteroatoms. The van der Waals surface area contributed by atoms with Crippen LogP contribution in [0.4, 0.5) is 4.39 Å². The maximum Gasteiger partial charge on any atom is 0.340 e.